The number of furan rings is 1. The lowest BCUT2D eigenvalue weighted by Gasteiger charge is -2.45. The van der Waals surface area contributed by atoms with Gasteiger partial charge >= 0.3 is 0 Å². The monoisotopic (exact) mass is 853 g/mol. The highest BCUT2D eigenvalue weighted by Gasteiger charge is 2.52. The molecule has 13 aromatic rings. The van der Waals surface area contributed by atoms with E-state index in [1.54, 1.807) is 0 Å². The van der Waals surface area contributed by atoms with Crippen LogP contribution < -0.4 is 4.90 Å². The van der Waals surface area contributed by atoms with Crippen molar-refractivity contribution in [3.05, 3.63) is 259 Å². The average Bonchev–Trinajstić information content (AvgIpc) is 4.12. The summed E-state index contributed by atoms with van der Waals surface area (Å²) >= 11 is 0. The topological polar surface area (TPSA) is 26.2 Å². The zero-order chi connectivity index (χ0) is 43.8. The molecule has 0 N–H and O–H groups in total. The molecule has 1 spiro atoms. The summed E-state index contributed by atoms with van der Waals surface area (Å²) in [7, 11) is 0. The van der Waals surface area contributed by atoms with Crippen LogP contribution in [0.5, 0.6) is 0 Å². The number of benzene rings is 10. The maximum atomic E-state index is 6.97. The van der Waals surface area contributed by atoms with Gasteiger partial charge in [-0.1, -0.05) is 152 Å². The minimum Gasteiger partial charge on any atom is -0.439 e. The molecule has 0 atom stereocenters. The van der Waals surface area contributed by atoms with Crippen LogP contribution in [0.25, 0.3) is 88.4 Å². The van der Waals surface area contributed by atoms with Crippen LogP contribution in [0, 0.1) is 0 Å². The van der Waals surface area contributed by atoms with Crippen LogP contribution in [0.4, 0.5) is 17.1 Å². The first-order valence-corrected chi connectivity index (χ1v) is 23.1. The van der Waals surface area contributed by atoms with Gasteiger partial charge in [0.15, 0.2) is 0 Å². The number of anilines is 3. The first-order valence-electron chi connectivity index (χ1n) is 23.1. The summed E-state index contributed by atoms with van der Waals surface area (Å²) in [5.41, 5.74) is 20.1. The van der Waals surface area contributed by atoms with Gasteiger partial charge in [0.05, 0.1) is 38.7 Å². The van der Waals surface area contributed by atoms with E-state index in [1.807, 2.05) is 0 Å². The average molecular weight is 854 g/mol. The molecule has 1 aliphatic carbocycles. The molecule has 0 unspecified atom stereocenters. The van der Waals surface area contributed by atoms with E-state index in [4.69, 9.17) is 4.42 Å². The maximum absolute atomic E-state index is 6.97. The zero-order valence-corrected chi connectivity index (χ0v) is 36.3. The van der Waals surface area contributed by atoms with Crippen LogP contribution in [0.3, 0.4) is 0 Å². The molecule has 0 radical (unpaired) electrons. The van der Waals surface area contributed by atoms with Gasteiger partial charge in [-0.05, 0) is 129 Å². The van der Waals surface area contributed by atoms with Crippen molar-refractivity contribution in [3.8, 4) is 33.6 Å². The van der Waals surface area contributed by atoms with Gasteiger partial charge in [-0.25, -0.2) is 0 Å². The Morgan fingerprint density at radius 2 is 0.836 bits per heavy atom. The number of para-hydroxylation sites is 5. The fourth-order valence-corrected chi connectivity index (χ4v) is 12.0. The van der Waals surface area contributed by atoms with Crippen molar-refractivity contribution in [2.45, 2.75) is 5.41 Å². The summed E-state index contributed by atoms with van der Waals surface area (Å²) in [5.74, 6) is 0. The van der Waals surface area contributed by atoms with Crippen LogP contribution in [-0.4, -0.2) is 9.13 Å². The molecule has 10 aromatic carbocycles. The summed E-state index contributed by atoms with van der Waals surface area (Å²) in [6, 6.07) is 86.9. The Labute approximate surface area is 386 Å². The van der Waals surface area contributed by atoms with Gasteiger partial charge in [-0.15, -0.1) is 0 Å². The van der Waals surface area contributed by atoms with Crippen molar-refractivity contribution >= 4 is 71.8 Å². The Balaban J connectivity index is 1.02. The lowest BCUT2D eigenvalue weighted by Crippen LogP contribution is -2.36. The van der Waals surface area contributed by atoms with Gasteiger partial charge in [0.1, 0.15) is 5.58 Å². The molecule has 1 aliphatic heterocycles. The SMILES string of the molecule is c1ccc(N2c3ccc(-c4ccc5c(c4)oc4c5c5ccccc5n4-c4ccccc4)cc3C3(c4ccccc4-c4ccccc43)c3cc(-n4c5ccccc5c5ccccc54)ccc32)cc1. The lowest BCUT2D eigenvalue weighted by atomic mass is 9.64. The Morgan fingerprint density at radius 3 is 1.51 bits per heavy atom. The summed E-state index contributed by atoms with van der Waals surface area (Å²) < 4.78 is 11.7. The predicted octanol–water partition coefficient (Wildman–Crippen LogP) is 16.4. The standard InChI is InChI=1S/C63H39N3O/c1-3-17-42(18-4-1)64-58-35-32-40(41-31-34-50-60(38-41)67-62-61(50)49-25-11-16-30-57(49)66(62)43-19-5-2-6-20-43)37-53(58)63(51-26-12-7-21-45(51)46-22-8-13-27-52(46)63)54-39-44(33-36-59(54)64)65-55-28-14-9-23-47(55)48-24-10-15-29-56(48)65/h1-39H. The first-order chi connectivity index (χ1) is 33.3. The van der Waals surface area contributed by atoms with Crippen molar-refractivity contribution < 1.29 is 4.42 Å². The van der Waals surface area contributed by atoms with Crippen molar-refractivity contribution in [2.75, 3.05) is 4.90 Å². The summed E-state index contributed by atoms with van der Waals surface area (Å²) in [6.45, 7) is 0. The summed E-state index contributed by atoms with van der Waals surface area (Å²) in [4.78, 5) is 2.48. The number of hydrogen-bond donors (Lipinski definition) is 0. The summed E-state index contributed by atoms with van der Waals surface area (Å²) in [6.07, 6.45) is 0. The van der Waals surface area contributed by atoms with Crippen molar-refractivity contribution in [1.82, 2.24) is 9.13 Å². The van der Waals surface area contributed by atoms with Crippen LogP contribution in [0.1, 0.15) is 22.3 Å². The molecule has 3 aromatic heterocycles. The molecule has 0 saturated carbocycles. The normalized spacial score (nSPS) is 13.5. The Kier molecular flexibility index (Phi) is 7.40. The number of rotatable bonds is 4. The number of hydrogen-bond acceptors (Lipinski definition) is 2. The van der Waals surface area contributed by atoms with Gasteiger partial charge in [-0.3, -0.25) is 4.57 Å². The molecule has 0 fully saturated rings. The predicted molar refractivity (Wildman–Crippen MR) is 276 cm³/mol. The highest BCUT2D eigenvalue weighted by Crippen LogP contribution is 2.64. The molecule has 2 aliphatic rings. The van der Waals surface area contributed by atoms with E-state index in [9.17, 15) is 0 Å². The van der Waals surface area contributed by atoms with Gasteiger partial charge < -0.3 is 13.9 Å². The molecular weight excluding hydrogens is 815 g/mol. The van der Waals surface area contributed by atoms with E-state index in [0.29, 0.717) is 0 Å². The van der Waals surface area contributed by atoms with Crippen LogP contribution in [-0.2, 0) is 5.41 Å². The van der Waals surface area contributed by atoms with Gasteiger partial charge in [-0.2, -0.15) is 0 Å². The van der Waals surface area contributed by atoms with Crippen LogP contribution in [0.15, 0.2) is 241 Å². The van der Waals surface area contributed by atoms with E-state index < -0.39 is 5.41 Å². The highest BCUT2D eigenvalue weighted by molar-refractivity contribution is 6.20. The molecule has 4 heterocycles. The molecule has 4 heteroatoms. The molecule has 0 saturated heterocycles. The van der Waals surface area contributed by atoms with E-state index >= 15 is 0 Å². The second-order valence-corrected chi connectivity index (χ2v) is 18.0. The van der Waals surface area contributed by atoms with Gasteiger partial charge in [0.25, 0.3) is 0 Å². The largest absolute Gasteiger partial charge is 0.439 e. The van der Waals surface area contributed by atoms with Crippen molar-refractivity contribution in [3.63, 3.8) is 0 Å². The first kappa shape index (κ1) is 36.5. The second-order valence-electron chi connectivity index (χ2n) is 18.0. The lowest BCUT2D eigenvalue weighted by molar-refractivity contribution is 0.645. The van der Waals surface area contributed by atoms with E-state index in [0.717, 1.165) is 67.1 Å². The second kappa shape index (κ2) is 13.6. The summed E-state index contributed by atoms with van der Waals surface area (Å²) in [5, 5.41) is 5.93. The van der Waals surface area contributed by atoms with Crippen LogP contribution >= 0.6 is 0 Å². The minimum atomic E-state index is -0.649. The van der Waals surface area contributed by atoms with E-state index in [2.05, 4.69) is 251 Å². The number of aromatic nitrogens is 2. The molecule has 15 rings (SSSR count). The Hall–Kier alpha value is -8.86. The highest BCUT2D eigenvalue weighted by atomic mass is 16.3. The van der Waals surface area contributed by atoms with Crippen LogP contribution in [0.2, 0.25) is 0 Å². The fraction of sp³-hybridized carbons (Fsp3) is 0.0159. The minimum absolute atomic E-state index is 0.649. The maximum Gasteiger partial charge on any atom is 0.213 e. The Morgan fingerprint density at radius 1 is 0.328 bits per heavy atom. The number of fused-ring (bicyclic) bond motifs is 17. The smallest absolute Gasteiger partial charge is 0.213 e. The molecule has 67 heavy (non-hydrogen) atoms. The molecule has 4 nitrogen and oxygen atoms in total. The Bertz CT molecular complexity index is 4070. The third kappa shape index (κ3) is 4.86. The fourth-order valence-electron chi connectivity index (χ4n) is 12.0. The quantitative estimate of drug-likeness (QED) is 0.176. The molecule has 312 valence electrons. The molecular formula is C63H39N3O. The van der Waals surface area contributed by atoms with Gasteiger partial charge in [0.2, 0.25) is 5.71 Å². The zero-order valence-electron chi connectivity index (χ0n) is 36.3. The van der Waals surface area contributed by atoms with Gasteiger partial charge in [0, 0.05) is 38.6 Å². The third-order valence-electron chi connectivity index (χ3n) is 14.7. The third-order valence-corrected chi connectivity index (χ3v) is 14.7. The van der Waals surface area contributed by atoms with E-state index in [1.165, 1.54) is 60.6 Å². The molecule has 0 bridgehead atoms. The van der Waals surface area contributed by atoms with Crippen molar-refractivity contribution in [1.29, 1.82) is 0 Å². The van der Waals surface area contributed by atoms with Crippen molar-refractivity contribution in [2.24, 2.45) is 0 Å². The number of nitrogens with zero attached hydrogens (tertiary/aromatic N) is 3. The van der Waals surface area contributed by atoms with E-state index in [-0.39, 0.29) is 0 Å². The molecule has 0 amide bonds.